The molecule has 5 nitrogen and oxygen atoms in total. The molecule has 0 spiro atoms. The van der Waals surface area contributed by atoms with Gasteiger partial charge in [0.1, 0.15) is 12.1 Å². The van der Waals surface area contributed by atoms with Crippen molar-refractivity contribution in [2.24, 2.45) is 0 Å². The van der Waals surface area contributed by atoms with Gasteiger partial charge in [-0.15, -0.1) is 0 Å². The first kappa shape index (κ1) is 21.7. The van der Waals surface area contributed by atoms with Gasteiger partial charge >= 0.3 is 0 Å². The third kappa shape index (κ3) is 6.26. The van der Waals surface area contributed by atoms with Gasteiger partial charge in [0.15, 0.2) is 5.69 Å². The fraction of sp³-hybridized carbons (Fsp3) is 0.333. The molecule has 0 bridgehead atoms. The Balaban J connectivity index is 1.73. The summed E-state index contributed by atoms with van der Waals surface area (Å²) in [6, 6.07) is 14.9. The third-order valence-corrected chi connectivity index (χ3v) is 4.98. The zero-order chi connectivity index (χ0) is 21.5. The van der Waals surface area contributed by atoms with Crippen LogP contribution in [0.1, 0.15) is 53.3 Å². The third-order valence-electron chi connectivity index (χ3n) is 4.98. The van der Waals surface area contributed by atoms with Crippen molar-refractivity contribution in [1.82, 2.24) is 15.2 Å². The van der Waals surface area contributed by atoms with Gasteiger partial charge in [0, 0.05) is 19.1 Å². The molecule has 3 aromatic rings. The molecule has 6 heteroatoms. The summed E-state index contributed by atoms with van der Waals surface area (Å²) in [6.07, 6.45) is 2.24. The number of rotatable bonds is 9. The van der Waals surface area contributed by atoms with E-state index in [0.717, 1.165) is 17.5 Å². The SMILES string of the molecule is CC[C@@H](C)NC(=O)c1coc(CN(Cc2ccc(C)cc2)Cc2ccc(F)cc2)n1. The van der Waals surface area contributed by atoms with E-state index in [-0.39, 0.29) is 23.5 Å². The summed E-state index contributed by atoms with van der Waals surface area (Å²) < 4.78 is 18.8. The number of benzene rings is 2. The van der Waals surface area contributed by atoms with Crippen LogP contribution in [-0.4, -0.2) is 21.8 Å². The number of nitrogens with one attached hydrogen (secondary N) is 1. The molecule has 0 fully saturated rings. The molecule has 0 aliphatic heterocycles. The number of carbonyl (C=O) groups excluding carboxylic acids is 1. The molecule has 30 heavy (non-hydrogen) atoms. The van der Waals surface area contributed by atoms with Crippen LogP contribution in [0.3, 0.4) is 0 Å². The normalized spacial score (nSPS) is 12.2. The van der Waals surface area contributed by atoms with E-state index in [1.54, 1.807) is 12.1 Å². The fourth-order valence-corrected chi connectivity index (χ4v) is 3.05. The van der Waals surface area contributed by atoms with Gasteiger partial charge in [0.2, 0.25) is 5.89 Å². The minimum Gasteiger partial charge on any atom is -0.447 e. The Kier molecular flexibility index (Phi) is 7.36. The Morgan fingerprint density at radius 3 is 2.27 bits per heavy atom. The lowest BCUT2D eigenvalue weighted by molar-refractivity contribution is 0.0934. The second-order valence-corrected chi connectivity index (χ2v) is 7.67. The highest BCUT2D eigenvalue weighted by Crippen LogP contribution is 2.15. The van der Waals surface area contributed by atoms with Crippen LogP contribution in [0.2, 0.25) is 0 Å². The lowest BCUT2D eigenvalue weighted by atomic mass is 10.1. The smallest absolute Gasteiger partial charge is 0.273 e. The van der Waals surface area contributed by atoms with Crippen LogP contribution in [0.15, 0.2) is 59.2 Å². The Morgan fingerprint density at radius 1 is 1.07 bits per heavy atom. The van der Waals surface area contributed by atoms with Crippen molar-refractivity contribution in [1.29, 1.82) is 0 Å². The molecule has 0 aliphatic carbocycles. The lowest BCUT2D eigenvalue weighted by Gasteiger charge is -2.21. The van der Waals surface area contributed by atoms with E-state index in [4.69, 9.17) is 4.42 Å². The maximum atomic E-state index is 13.3. The number of halogens is 1. The molecule has 0 aliphatic rings. The van der Waals surface area contributed by atoms with Crippen molar-refractivity contribution in [3.05, 3.63) is 88.9 Å². The standard InChI is InChI=1S/C24H28FN3O2/c1-4-18(3)26-24(29)22-16-30-23(27-22)15-28(13-19-7-5-17(2)6-8-19)14-20-9-11-21(25)12-10-20/h5-12,16,18H,4,13-15H2,1-3H3,(H,26,29)/t18-/m1/s1. The Hall–Kier alpha value is -2.99. The van der Waals surface area contributed by atoms with Crippen molar-refractivity contribution < 1.29 is 13.6 Å². The van der Waals surface area contributed by atoms with Gasteiger partial charge in [-0.2, -0.15) is 0 Å². The van der Waals surface area contributed by atoms with Crippen molar-refractivity contribution in [2.45, 2.75) is 52.9 Å². The van der Waals surface area contributed by atoms with Crippen molar-refractivity contribution in [3.63, 3.8) is 0 Å². The van der Waals surface area contributed by atoms with E-state index in [0.29, 0.717) is 25.5 Å². The summed E-state index contributed by atoms with van der Waals surface area (Å²) in [5.74, 6) is -0.0185. The van der Waals surface area contributed by atoms with Gasteiger partial charge in [0.05, 0.1) is 6.54 Å². The minimum absolute atomic E-state index is 0.0779. The molecule has 1 aromatic heterocycles. The number of aromatic nitrogens is 1. The fourth-order valence-electron chi connectivity index (χ4n) is 3.05. The largest absolute Gasteiger partial charge is 0.447 e. The van der Waals surface area contributed by atoms with E-state index in [9.17, 15) is 9.18 Å². The molecule has 1 atom stereocenters. The number of aryl methyl sites for hydroxylation is 1. The zero-order valence-corrected chi connectivity index (χ0v) is 17.7. The predicted molar refractivity (Wildman–Crippen MR) is 114 cm³/mol. The summed E-state index contributed by atoms with van der Waals surface area (Å²) in [6.45, 7) is 7.72. The van der Waals surface area contributed by atoms with E-state index >= 15 is 0 Å². The van der Waals surface area contributed by atoms with Crippen LogP contribution in [-0.2, 0) is 19.6 Å². The monoisotopic (exact) mass is 409 g/mol. The van der Waals surface area contributed by atoms with Gasteiger partial charge in [-0.25, -0.2) is 9.37 Å². The van der Waals surface area contributed by atoms with E-state index < -0.39 is 0 Å². The highest BCUT2D eigenvalue weighted by molar-refractivity contribution is 5.92. The van der Waals surface area contributed by atoms with Gasteiger partial charge < -0.3 is 9.73 Å². The second kappa shape index (κ2) is 10.2. The Morgan fingerprint density at radius 2 is 1.67 bits per heavy atom. The summed E-state index contributed by atoms with van der Waals surface area (Å²) in [4.78, 5) is 18.8. The second-order valence-electron chi connectivity index (χ2n) is 7.67. The lowest BCUT2D eigenvalue weighted by Crippen LogP contribution is -2.32. The summed E-state index contributed by atoms with van der Waals surface area (Å²) in [5.41, 5.74) is 3.63. The number of carbonyl (C=O) groups is 1. The number of hydrogen-bond acceptors (Lipinski definition) is 4. The van der Waals surface area contributed by atoms with Crippen LogP contribution < -0.4 is 5.32 Å². The van der Waals surface area contributed by atoms with Crippen molar-refractivity contribution in [2.75, 3.05) is 0 Å². The van der Waals surface area contributed by atoms with Crippen LogP contribution in [0.5, 0.6) is 0 Å². The summed E-state index contributed by atoms with van der Waals surface area (Å²) in [7, 11) is 0. The van der Waals surface area contributed by atoms with Crippen molar-refractivity contribution >= 4 is 5.91 Å². The first-order chi connectivity index (χ1) is 14.4. The molecule has 0 saturated carbocycles. The maximum Gasteiger partial charge on any atom is 0.273 e. The van der Waals surface area contributed by atoms with Crippen LogP contribution in [0.4, 0.5) is 4.39 Å². The first-order valence-corrected chi connectivity index (χ1v) is 10.2. The van der Waals surface area contributed by atoms with Gasteiger partial charge in [-0.3, -0.25) is 9.69 Å². The molecule has 3 rings (SSSR count). The predicted octanol–water partition coefficient (Wildman–Crippen LogP) is 4.85. The quantitative estimate of drug-likeness (QED) is 0.549. The zero-order valence-electron chi connectivity index (χ0n) is 17.7. The molecule has 158 valence electrons. The average Bonchev–Trinajstić information content (AvgIpc) is 3.20. The summed E-state index contributed by atoms with van der Waals surface area (Å²) >= 11 is 0. The molecule has 1 N–H and O–H groups in total. The van der Waals surface area contributed by atoms with E-state index in [1.807, 2.05) is 13.8 Å². The van der Waals surface area contributed by atoms with Crippen molar-refractivity contribution in [3.8, 4) is 0 Å². The molecule has 1 amide bonds. The molecule has 0 saturated heterocycles. The van der Waals surface area contributed by atoms with E-state index in [2.05, 4.69) is 46.4 Å². The van der Waals surface area contributed by atoms with Crippen LogP contribution in [0.25, 0.3) is 0 Å². The minimum atomic E-state index is -0.256. The topological polar surface area (TPSA) is 58.4 Å². The van der Waals surface area contributed by atoms with Gasteiger partial charge in [0.25, 0.3) is 5.91 Å². The molecule has 0 unspecified atom stereocenters. The molecule has 1 heterocycles. The van der Waals surface area contributed by atoms with Crippen LogP contribution >= 0.6 is 0 Å². The van der Waals surface area contributed by atoms with Gasteiger partial charge in [-0.1, -0.05) is 48.9 Å². The molecular weight excluding hydrogens is 381 g/mol. The highest BCUT2D eigenvalue weighted by atomic mass is 19.1. The number of nitrogens with zero attached hydrogens (tertiary/aromatic N) is 2. The number of amides is 1. The molecule has 0 radical (unpaired) electrons. The average molecular weight is 410 g/mol. The number of oxazole rings is 1. The Bertz CT molecular complexity index is 904. The molecular formula is C24H28FN3O2. The molecule has 2 aromatic carbocycles. The highest BCUT2D eigenvalue weighted by Gasteiger charge is 2.17. The van der Waals surface area contributed by atoms with E-state index in [1.165, 1.54) is 24.0 Å². The Labute approximate surface area is 176 Å². The number of hydrogen-bond donors (Lipinski definition) is 1. The van der Waals surface area contributed by atoms with Crippen LogP contribution in [0, 0.1) is 12.7 Å². The van der Waals surface area contributed by atoms with Gasteiger partial charge in [-0.05, 0) is 43.5 Å². The maximum absolute atomic E-state index is 13.3. The first-order valence-electron chi connectivity index (χ1n) is 10.2. The summed E-state index contributed by atoms with van der Waals surface area (Å²) in [5, 5.41) is 2.89.